The third-order valence-electron chi connectivity index (χ3n) is 5.32. The van der Waals surface area contributed by atoms with Gasteiger partial charge in [-0.25, -0.2) is 14.4 Å². The molecule has 0 bridgehead atoms. The van der Waals surface area contributed by atoms with Gasteiger partial charge in [-0.3, -0.25) is 4.79 Å². The van der Waals surface area contributed by atoms with Crippen LogP contribution >= 0.6 is 0 Å². The number of ether oxygens (including phenoxy) is 1. The van der Waals surface area contributed by atoms with Gasteiger partial charge >= 0.3 is 0 Å². The molecule has 0 aliphatic carbocycles. The summed E-state index contributed by atoms with van der Waals surface area (Å²) in [5.41, 5.74) is 1.18. The summed E-state index contributed by atoms with van der Waals surface area (Å²) in [5.74, 6) is 0.0820. The molecule has 154 valence electrons. The highest BCUT2D eigenvalue weighted by Gasteiger charge is 2.25. The number of piperazine rings is 1. The van der Waals surface area contributed by atoms with Crippen molar-refractivity contribution in [3.05, 3.63) is 47.5 Å². The molecule has 1 amide bonds. The van der Waals surface area contributed by atoms with Crippen LogP contribution in [0, 0.1) is 5.82 Å². The molecule has 0 atom stereocenters. The molecule has 0 spiro atoms. The highest BCUT2D eigenvalue weighted by atomic mass is 19.1. The summed E-state index contributed by atoms with van der Waals surface area (Å²) in [4.78, 5) is 27.1. The van der Waals surface area contributed by atoms with E-state index in [9.17, 15) is 14.3 Å². The maximum Gasteiger partial charge on any atom is 0.257 e. The number of halogens is 1. The minimum atomic E-state index is -0.401. The number of rotatable bonds is 4. The SMILES string of the molecule is O=C(c1cnc(N2CCOCC2)nc1)N1CCN(c2cccc(CO)c2F)CC1. The van der Waals surface area contributed by atoms with Gasteiger partial charge in [-0.05, 0) is 6.07 Å². The zero-order chi connectivity index (χ0) is 20.2. The van der Waals surface area contributed by atoms with Gasteiger partial charge in [-0.2, -0.15) is 0 Å². The smallest absolute Gasteiger partial charge is 0.257 e. The normalized spacial score (nSPS) is 17.5. The molecule has 0 unspecified atom stereocenters. The molecule has 2 aliphatic rings. The minimum Gasteiger partial charge on any atom is -0.392 e. The van der Waals surface area contributed by atoms with E-state index >= 15 is 0 Å². The Hall–Kier alpha value is -2.78. The molecule has 2 saturated heterocycles. The first kappa shape index (κ1) is 19.5. The van der Waals surface area contributed by atoms with E-state index < -0.39 is 5.82 Å². The third-order valence-corrected chi connectivity index (χ3v) is 5.32. The van der Waals surface area contributed by atoms with E-state index in [1.807, 2.05) is 9.80 Å². The molecule has 2 aromatic rings. The van der Waals surface area contributed by atoms with Crippen molar-refractivity contribution < 1.29 is 19.0 Å². The summed E-state index contributed by atoms with van der Waals surface area (Å²) in [6, 6.07) is 5.00. The van der Waals surface area contributed by atoms with E-state index in [4.69, 9.17) is 4.74 Å². The first-order chi connectivity index (χ1) is 14.2. The Bertz CT molecular complexity index is 850. The number of morpholine rings is 1. The number of hydrogen-bond donors (Lipinski definition) is 1. The Morgan fingerprint density at radius 2 is 1.72 bits per heavy atom. The van der Waals surface area contributed by atoms with Crippen LogP contribution in [0.4, 0.5) is 16.0 Å². The van der Waals surface area contributed by atoms with Crippen LogP contribution < -0.4 is 9.80 Å². The Labute approximate surface area is 168 Å². The molecule has 2 fully saturated rings. The highest BCUT2D eigenvalue weighted by Crippen LogP contribution is 2.24. The first-order valence-electron chi connectivity index (χ1n) is 9.74. The minimum absolute atomic E-state index is 0.122. The predicted octanol–water partition coefficient (Wildman–Crippen LogP) is 0.907. The Kier molecular flexibility index (Phi) is 5.86. The van der Waals surface area contributed by atoms with E-state index in [0.29, 0.717) is 56.6 Å². The summed E-state index contributed by atoms with van der Waals surface area (Å²) in [7, 11) is 0. The van der Waals surface area contributed by atoms with Crippen molar-refractivity contribution in [1.82, 2.24) is 14.9 Å². The van der Waals surface area contributed by atoms with Crippen LogP contribution in [0.5, 0.6) is 0 Å². The summed E-state index contributed by atoms with van der Waals surface area (Å²) in [5, 5.41) is 9.25. The second-order valence-electron chi connectivity index (χ2n) is 7.06. The van der Waals surface area contributed by atoms with Gasteiger partial charge in [-0.1, -0.05) is 12.1 Å². The fourth-order valence-electron chi connectivity index (χ4n) is 3.62. The summed E-state index contributed by atoms with van der Waals surface area (Å²) >= 11 is 0. The van der Waals surface area contributed by atoms with Gasteiger partial charge < -0.3 is 24.5 Å². The zero-order valence-electron chi connectivity index (χ0n) is 16.1. The second-order valence-corrected chi connectivity index (χ2v) is 7.06. The number of hydrogen-bond acceptors (Lipinski definition) is 7. The van der Waals surface area contributed by atoms with E-state index in [1.165, 1.54) is 0 Å². The van der Waals surface area contributed by atoms with Crippen molar-refractivity contribution in [1.29, 1.82) is 0 Å². The van der Waals surface area contributed by atoms with Crippen LogP contribution in [0.15, 0.2) is 30.6 Å². The Morgan fingerprint density at radius 3 is 2.38 bits per heavy atom. The van der Waals surface area contributed by atoms with Gasteiger partial charge in [0.2, 0.25) is 5.95 Å². The molecule has 29 heavy (non-hydrogen) atoms. The van der Waals surface area contributed by atoms with Crippen molar-refractivity contribution in [2.75, 3.05) is 62.3 Å². The number of anilines is 2. The fraction of sp³-hybridized carbons (Fsp3) is 0.450. The molecule has 1 aromatic heterocycles. The lowest BCUT2D eigenvalue weighted by molar-refractivity contribution is 0.0745. The number of aromatic nitrogens is 2. The van der Waals surface area contributed by atoms with Crippen LogP contribution in [0.1, 0.15) is 15.9 Å². The first-order valence-corrected chi connectivity index (χ1v) is 9.74. The predicted molar refractivity (Wildman–Crippen MR) is 106 cm³/mol. The van der Waals surface area contributed by atoms with Crippen LogP contribution in [0.25, 0.3) is 0 Å². The van der Waals surface area contributed by atoms with Gasteiger partial charge in [-0.15, -0.1) is 0 Å². The maximum absolute atomic E-state index is 14.5. The molecule has 1 N–H and O–H groups in total. The summed E-state index contributed by atoms with van der Waals surface area (Å²) in [6.45, 7) is 4.44. The maximum atomic E-state index is 14.5. The van der Waals surface area contributed by atoms with Crippen molar-refractivity contribution in [3.8, 4) is 0 Å². The lowest BCUT2D eigenvalue weighted by Crippen LogP contribution is -2.49. The Morgan fingerprint density at radius 1 is 1.03 bits per heavy atom. The molecule has 0 radical (unpaired) electrons. The number of carbonyl (C=O) groups excluding carboxylic acids is 1. The molecule has 3 heterocycles. The van der Waals surface area contributed by atoms with Gasteiger partial charge in [0.15, 0.2) is 5.82 Å². The van der Waals surface area contributed by atoms with E-state index in [2.05, 4.69) is 9.97 Å². The lowest BCUT2D eigenvalue weighted by Gasteiger charge is -2.36. The molecular weight excluding hydrogens is 377 g/mol. The van der Waals surface area contributed by atoms with E-state index in [-0.39, 0.29) is 18.1 Å². The second kappa shape index (κ2) is 8.71. The average molecular weight is 401 g/mol. The van der Waals surface area contributed by atoms with Gasteiger partial charge in [0.1, 0.15) is 0 Å². The van der Waals surface area contributed by atoms with Crippen molar-refractivity contribution in [3.63, 3.8) is 0 Å². The topological polar surface area (TPSA) is 82.0 Å². The molecule has 2 aliphatic heterocycles. The number of benzene rings is 1. The standard InChI is InChI=1S/C20H24FN5O3/c21-18-15(14-27)2-1-3-17(18)24-4-6-25(7-5-24)19(28)16-12-22-20(23-13-16)26-8-10-29-11-9-26/h1-3,12-13,27H,4-11,14H2. The van der Waals surface area contributed by atoms with Crippen LogP contribution in [0.3, 0.4) is 0 Å². The number of aliphatic hydroxyl groups excluding tert-OH is 1. The van der Waals surface area contributed by atoms with Gasteiger partial charge in [0.25, 0.3) is 5.91 Å². The van der Waals surface area contributed by atoms with Crippen LogP contribution in [-0.2, 0) is 11.3 Å². The van der Waals surface area contributed by atoms with Crippen molar-refractivity contribution in [2.24, 2.45) is 0 Å². The van der Waals surface area contributed by atoms with Gasteiger partial charge in [0, 0.05) is 57.2 Å². The molecule has 4 rings (SSSR count). The fourth-order valence-corrected chi connectivity index (χ4v) is 3.62. The molecule has 9 heteroatoms. The highest BCUT2D eigenvalue weighted by molar-refractivity contribution is 5.93. The number of carbonyl (C=O) groups is 1. The largest absolute Gasteiger partial charge is 0.392 e. The van der Waals surface area contributed by atoms with Crippen molar-refractivity contribution in [2.45, 2.75) is 6.61 Å². The molecule has 0 saturated carbocycles. The molecule has 1 aromatic carbocycles. The summed E-state index contributed by atoms with van der Waals surface area (Å²) < 4.78 is 19.8. The Balaban J connectivity index is 1.38. The van der Waals surface area contributed by atoms with E-state index in [0.717, 1.165) is 13.1 Å². The average Bonchev–Trinajstić information content (AvgIpc) is 2.80. The molecule has 8 nitrogen and oxygen atoms in total. The third kappa shape index (κ3) is 4.15. The summed E-state index contributed by atoms with van der Waals surface area (Å²) in [6.07, 6.45) is 3.13. The van der Waals surface area contributed by atoms with Crippen LogP contribution in [-0.4, -0.2) is 78.4 Å². The zero-order valence-corrected chi connectivity index (χ0v) is 16.1. The van der Waals surface area contributed by atoms with Crippen LogP contribution in [0.2, 0.25) is 0 Å². The van der Waals surface area contributed by atoms with Crippen molar-refractivity contribution >= 4 is 17.5 Å². The number of amides is 1. The number of aliphatic hydroxyl groups is 1. The lowest BCUT2D eigenvalue weighted by atomic mass is 10.1. The van der Waals surface area contributed by atoms with E-state index in [1.54, 1.807) is 35.5 Å². The van der Waals surface area contributed by atoms with Gasteiger partial charge in [0.05, 0.1) is 31.1 Å². The molecular formula is C20H24FN5O3. The number of nitrogens with zero attached hydrogens (tertiary/aromatic N) is 5. The monoisotopic (exact) mass is 401 g/mol. The quantitative estimate of drug-likeness (QED) is 0.815.